The molecule has 1 aliphatic rings. The fourth-order valence-corrected chi connectivity index (χ4v) is 2.95. The van der Waals surface area contributed by atoms with Crippen LogP contribution in [0.5, 0.6) is 0 Å². The molecule has 1 amide bonds. The summed E-state index contributed by atoms with van der Waals surface area (Å²) in [6, 6.07) is 9.55. The molecule has 3 rings (SSSR count). The Hall–Kier alpha value is -1.46. The lowest BCUT2D eigenvalue weighted by Crippen LogP contribution is -2.29. The molecule has 5 heteroatoms. The summed E-state index contributed by atoms with van der Waals surface area (Å²) in [5.41, 5.74) is 2.72. The summed E-state index contributed by atoms with van der Waals surface area (Å²) in [6.45, 7) is 0.703. The average molecular weight is 335 g/mol. The fourth-order valence-electron chi connectivity index (χ4n) is 2.32. The monoisotopic (exact) mass is 334 g/mol. The van der Waals surface area contributed by atoms with E-state index in [0.29, 0.717) is 16.7 Å². The molecule has 0 saturated carbocycles. The van der Waals surface area contributed by atoms with Gasteiger partial charge in [0.15, 0.2) is 0 Å². The van der Waals surface area contributed by atoms with Crippen molar-refractivity contribution in [1.82, 2.24) is 4.98 Å². The predicted molar refractivity (Wildman–Crippen MR) is 81.1 cm³/mol. The minimum absolute atomic E-state index is 0.0390. The van der Waals surface area contributed by atoms with Crippen molar-refractivity contribution < 1.29 is 4.79 Å². The van der Waals surface area contributed by atoms with Crippen molar-refractivity contribution in [2.75, 3.05) is 11.4 Å². The summed E-state index contributed by atoms with van der Waals surface area (Å²) in [7, 11) is 0. The number of benzene rings is 1. The van der Waals surface area contributed by atoms with Crippen LogP contribution in [0.25, 0.3) is 0 Å². The lowest BCUT2D eigenvalue weighted by molar-refractivity contribution is 0.0988. The number of nitrogens with zero attached hydrogens (tertiary/aromatic N) is 1. The average Bonchev–Trinajstić information content (AvgIpc) is 2.81. The zero-order valence-corrected chi connectivity index (χ0v) is 12.4. The maximum Gasteiger partial charge on any atom is 0.261 e. The molecule has 0 radical (unpaired) electrons. The van der Waals surface area contributed by atoms with Crippen LogP contribution in [0.4, 0.5) is 5.69 Å². The largest absolute Gasteiger partial charge is 0.352 e. The van der Waals surface area contributed by atoms with E-state index in [1.165, 1.54) is 5.56 Å². The van der Waals surface area contributed by atoms with E-state index in [1.807, 2.05) is 12.1 Å². The van der Waals surface area contributed by atoms with Gasteiger partial charge in [-0.25, -0.2) is 0 Å². The van der Waals surface area contributed by atoms with E-state index in [9.17, 15) is 4.79 Å². The van der Waals surface area contributed by atoms with Crippen LogP contribution in [0, 0.1) is 4.64 Å². The second-order valence-electron chi connectivity index (χ2n) is 4.39. The van der Waals surface area contributed by atoms with Crippen molar-refractivity contribution in [2.24, 2.45) is 0 Å². The smallest absolute Gasteiger partial charge is 0.261 e. The molecule has 0 bridgehead atoms. The molecule has 1 aromatic heterocycles. The van der Waals surface area contributed by atoms with Crippen molar-refractivity contribution >= 4 is 39.7 Å². The number of rotatable bonds is 1. The number of carbonyl (C=O) groups is 1. The van der Waals surface area contributed by atoms with Gasteiger partial charge in [-0.2, -0.15) is 0 Å². The standard InChI is InChI=1S/C14H11BrN2OS/c15-10-3-4-12-9(8-10)5-7-17(12)14(18)11-2-1-6-16-13(11)19/h1-4,6,8H,5,7H2,(H,16,19). The quantitative estimate of drug-likeness (QED) is 0.807. The second-order valence-corrected chi connectivity index (χ2v) is 5.72. The molecule has 3 nitrogen and oxygen atoms in total. The molecular weight excluding hydrogens is 324 g/mol. The Bertz CT molecular complexity index is 711. The van der Waals surface area contributed by atoms with Crippen molar-refractivity contribution in [3.8, 4) is 0 Å². The van der Waals surface area contributed by atoms with Gasteiger partial charge < -0.3 is 9.88 Å². The van der Waals surface area contributed by atoms with Gasteiger partial charge >= 0.3 is 0 Å². The fraction of sp³-hybridized carbons (Fsp3) is 0.143. The number of hydrogen-bond acceptors (Lipinski definition) is 2. The van der Waals surface area contributed by atoms with E-state index < -0.39 is 0 Å². The summed E-state index contributed by atoms with van der Waals surface area (Å²) in [5, 5.41) is 0. The molecule has 0 atom stereocenters. The molecule has 2 heterocycles. The van der Waals surface area contributed by atoms with E-state index in [-0.39, 0.29) is 5.91 Å². The molecule has 2 aromatic rings. The summed E-state index contributed by atoms with van der Waals surface area (Å²) in [6.07, 6.45) is 2.61. The minimum Gasteiger partial charge on any atom is -0.352 e. The molecular formula is C14H11BrN2OS. The number of halogens is 1. The summed E-state index contributed by atoms with van der Waals surface area (Å²) < 4.78 is 1.52. The van der Waals surface area contributed by atoms with Crippen LogP contribution in [-0.2, 0) is 6.42 Å². The highest BCUT2D eigenvalue weighted by atomic mass is 79.9. The Kier molecular flexibility index (Phi) is 3.24. The van der Waals surface area contributed by atoms with Crippen LogP contribution >= 0.6 is 28.1 Å². The highest BCUT2D eigenvalue weighted by Crippen LogP contribution is 2.31. The van der Waals surface area contributed by atoms with Gasteiger partial charge in [0.25, 0.3) is 5.91 Å². The van der Waals surface area contributed by atoms with Gasteiger partial charge in [-0.15, -0.1) is 0 Å². The Morgan fingerprint density at radius 2 is 2.21 bits per heavy atom. The van der Waals surface area contributed by atoms with Crippen LogP contribution in [0.2, 0.25) is 0 Å². The Morgan fingerprint density at radius 3 is 3.00 bits per heavy atom. The molecule has 0 saturated heterocycles. The van der Waals surface area contributed by atoms with Crippen LogP contribution in [0.3, 0.4) is 0 Å². The van der Waals surface area contributed by atoms with Gasteiger partial charge in [-0.05, 0) is 42.3 Å². The third-order valence-corrected chi connectivity index (χ3v) is 4.06. The number of amides is 1. The van der Waals surface area contributed by atoms with Crippen molar-refractivity contribution in [3.63, 3.8) is 0 Å². The first-order chi connectivity index (χ1) is 9.16. The molecule has 1 N–H and O–H groups in total. The van der Waals surface area contributed by atoms with E-state index in [2.05, 4.69) is 27.0 Å². The Balaban J connectivity index is 2.01. The maximum absolute atomic E-state index is 12.5. The van der Waals surface area contributed by atoms with Gasteiger partial charge in [0.1, 0.15) is 4.64 Å². The molecule has 1 aromatic carbocycles. The van der Waals surface area contributed by atoms with Crippen molar-refractivity contribution in [2.45, 2.75) is 6.42 Å². The third-order valence-electron chi connectivity index (χ3n) is 3.23. The van der Waals surface area contributed by atoms with Crippen LogP contribution in [0.1, 0.15) is 15.9 Å². The first kappa shape index (κ1) is 12.6. The number of fused-ring (bicyclic) bond motifs is 1. The first-order valence-corrected chi connectivity index (χ1v) is 7.15. The zero-order valence-electron chi connectivity index (χ0n) is 10.0. The number of nitrogens with one attached hydrogen (secondary N) is 1. The zero-order chi connectivity index (χ0) is 13.4. The van der Waals surface area contributed by atoms with E-state index in [0.717, 1.165) is 16.6 Å². The number of hydrogen-bond donors (Lipinski definition) is 1. The van der Waals surface area contributed by atoms with Gasteiger partial charge in [-0.3, -0.25) is 4.79 Å². The topological polar surface area (TPSA) is 36.1 Å². The Labute approximate surface area is 124 Å². The molecule has 0 fully saturated rings. The number of aromatic nitrogens is 1. The lowest BCUT2D eigenvalue weighted by Gasteiger charge is -2.17. The summed E-state index contributed by atoms with van der Waals surface area (Å²) >= 11 is 8.63. The van der Waals surface area contributed by atoms with Gasteiger partial charge in [-0.1, -0.05) is 28.1 Å². The van der Waals surface area contributed by atoms with E-state index >= 15 is 0 Å². The predicted octanol–water partition coefficient (Wildman–Crippen LogP) is 3.71. The number of carbonyl (C=O) groups excluding carboxylic acids is 1. The maximum atomic E-state index is 12.5. The molecule has 0 aliphatic carbocycles. The number of anilines is 1. The van der Waals surface area contributed by atoms with Crippen LogP contribution in [0.15, 0.2) is 41.0 Å². The second kappa shape index (κ2) is 4.90. The highest BCUT2D eigenvalue weighted by molar-refractivity contribution is 9.10. The van der Waals surface area contributed by atoms with Crippen molar-refractivity contribution in [1.29, 1.82) is 0 Å². The third kappa shape index (κ3) is 2.24. The Morgan fingerprint density at radius 1 is 1.37 bits per heavy atom. The van der Waals surface area contributed by atoms with Gasteiger partial charge in [0.2, 0.25) is 0 Å². The molecule has 0 unspecified atom stereocenters. The highest BCUT2D eigenvalue weighted by Gasteiger charge is 2.26. The molecule has 1 aliphatic heterocycles. The minimum atomic E-state index is -0.0390. The normalized spacial score (nSPS) is 13.4. The van der Waals surface area contributed by atoms with Gasteiger partial charge in [0, 0.05) is 22.9 Å². The first-order valence-electron chi connectivity index (χ1n) is 5.95. The van der Waals surface area contributed by atoms with E-state index in [4.69, 9.17) is 12.2 Å². The number of pyridine rings is 1. The van der Waals surface area contributed by atoms with Crippen LogP contribution in [-0.4, -0.2) is 17.4 Å². The molecule has 0 spiro atoms. The van der Waals surface area contributed by atoms with Crippen molar-refractivity contribution in [3.05, 3.63) is 56.8 Å². The molecule has 96 valence electrons. The lowest BCUT2D eigenvalue weighted by atomic mass is 10.2. The molecule has 19 heavy (non-hydrogen) atoms. The van der Waals surface area contributed by atoms with E-state index in [1.54, 1.807) is 23.2 Å². The number of H-pyrrole nitrogens is 1. The number of aromatic amines is 1. The summed E-state index contributed by atoms with van der Waals surface area (Å²) in [5.74, 6) is -0.0390. The summed E-state index contributed by atoms with van der Waals surface area (Å²) in [4.78, 5) is 17.2. The SMILES string of the molecule is O=C(c1ccc[nH]c1=S)N1CCc2cc(Br)ccc21. The van der Waals surface area contributed by atoms with Crippen LogP contribution < -0.4 is 4.90 Å². The van der Waals surface area contributed by atoms with Gasteiger partial charge in [0.05, 0.1) is 5.56 Å².